The standard InChI is InChI=1S/C18H33N7O7/c1-9(15(29)22-8-14(27)28)24-18(32)12(5-3-4-6-19)25-16(30)10(2)23-17(31)11(20)7-13(21)26/h9-12H,3-8,19-20H2,1-2H3,(H2,21,26)(H,22,29)(H,23,31)(H,24,32)(H,25,30)(H,27,28)/t9-,10-,11-,12-/m0/s1. The van der Waals surface area contributed by atoms with Crippen molar-refractivity contribution in [1.82, 2.24) is 21.3 Å². The smallest absolute Gasteiger partial charge is 0.322 e. The summed E-state index contributed by atoms with van der Waals surface area (Å²) in [7, 11) is 0. The molecule has 4 atom stereocenters. The molecule has 5 amide bonds. The molecule has 0 aliphatic rings. The fraction of sp³-hybridized carbons (Fsp3) is 0.667. The van der Waals surface area contributed by atoms with Gasteiger partial charge in [-0.3, -0.25) is 28.8 Å². The van der Waals surface area contributed by atoms with Crippen molar-refractivity contribution in [3.8, 4) is 0 Å². The Kier molecular flexibility index (Phi) is 13.2. The van der Waals surface area contributed by atoms with Gasteiger partial charge in [0.15, 0.2) is 0 Å². The zero-order valence-corrected chi connectivity index (χ0v) is 18.2. The van der Waals surface area contributed by atoms with Crippen molar-refractivity contribution in [3.63, 3.8) is 0 Å². The maximum atomic E-state index is 12.6. The Bertz CT molecular complexity index is 701. The summed E-state index contributed by atoms with van der Waals surface area (Å²) >= 11 is 0. The van der Waals surface area contributed by atoms with E-state index in [2.05, 4.69) is 21.3 Å². The van der Waals surface area contributed by atoms with E-state index < -0.39 is 72.6 Å². The van der Waals surface area contributed by atoms with Gasteiger partial charge in [-0.05, 0) is 39.7 Å². The monoisotopic (exact) mass is 459 g/mol. The zero-order valence-electron chi connectivity index (χ0n) is 18.2. The van der Waals surface area contributed by atoms with E-state index in [4.69, 9.17) is 22.3 Å². The number of rotatable bonds is 15. The zero-order chi connectivity index (χ0) is 24.8. The van der Waals surface area contributed by atoms with Crippen LogP contribution in [0.5, 0.6) is 0 Å². The van der Waals surface area contributed by atoms with Gasteiger partial charge in [-0.25, -0.2) is 0 Å². The summed E-state index contributed by atoms with van der Waals surface area (Å²) in [5.74, 6) is -4.85. The summed E-state index contributed by atoms with van der Waals surface area (Å²) < 4.78 is 0. The Morgan fingerprint density at radius 1 is 0.844 bits per heavy atom. The Morgan fingerprint density at radius 2 is 1.41 bits per heavy atom. The minimum absolute atomic E-state index is 0.208. The molecule has 0 aliphatic carbocycles. The van der Waals surface area contributed by atoms with E-state index in [1.165, 1.54) is 13.8 Å². The van der Waals surface area contributed by atoms with Crippen molar-refractivity contribution in [2.24, 2.45) is 17.2 Å². The normalized spacial score (nSPS) is 14.2. The van der Waals surface area contributed by atoms with Crippen LogP contribution in [0, 0.1) is 0 Å². The van der Waals surface area contributed by atoms with E-state index in [9.17, 15) is 28.8 Å². The van der Waals surface area contributed by atoms with Crippen LogP contribution < -0.4 is 38.5 Å². The van der Waals surface area contributed by atoms with Gasteiger partial charge >= 0.3 is 5.97 Å². The first-order valence-electron chi connectivity index (χ1n) is 10.0. The quantitative estimate of drug-likeness (QED) is 0.111. The van der Waals surface area contributed by atoms with Gasteiger partial charge in [0.1, 0.15) is 24.7 Å². The molecule has 0 heterocycles. The van der Waals surface area contributed by atoms with Crippen LogP contribution in [0.2, 0.25) is 0 Å². The van der Waals surface area contributed by atoms with Crippen LogP contribution in [0.25, 0.3) is 0 Å². The van der Waals surface area contributed by atoms with Crippen molar-refractivity contribution in [2.45, 2.75) is 63.7 Å². The highest BCUT2D eigenvalue weighted by Crippen LogP contribution is 2.03. The van der Waals surface area contributed by atoms with Gasteiger partial charge < -0.3 is 43.6 Å². The predicted octanol–water partition coefficient (Wildman–Crippen LogP) is -3.99. The third kappa shape index (κ3) is 11.8. The van der Waals surface area contributed by atoms with Crippen molar-refractivity contribution in [2.75, 3.05) is 13.1 Å². The third-order valence-corrected chi connectivity index (χ3v) is 4.26. The van der Waals surface area contributed by atoms with Crippen LogP contribution in [-0.4, -0.2) is 77.9 Å². The molecule has 0 aliphatic heterocycles. The third-order valence-electron chi connectivity index (χ3n) is 4.26. The first kappa shape index (κ1) is 28.7. The number of nitrogens with one attached hydrogen (secondary N) is 4. The number of primary amides is 1. The van der Waals surface area contributed by atoms with E-state index in [0.29, 0.717) is 19.4 Å². The molecule has 32 heavy (non-hydrogen) atoms. The molecule has 0 fully saturated rings. The van der Waals surface area contributed by atoms with Crippen molar-refractivity contribution in [1.29, 1.82) is 0 Å². The number of amides is 5. The van der Waals surface area contributed by atoms with Crippen LogP contribution in [0.4, 0.5) is 0 Å². The molecule has 0 aromatic heterocycles. The minimum Gasteiger partial charge on any atom is -0.480 e. The van der Waals surface area contributed by atoms with Crippen molar-refractivity contribution in [3.05, 3.63) is 0 Å². The first-order valence-corrected chi connectivity index (χ1v) is 10.0. The lowest BCUT2D eigenvalue weighted by atomic mass is 10.1. The number of carbonyl (C=O) groups excluding carboxylic acids is 5. The minimum atomic E-state index is -1.24. The lowest BCUT2D eigenvalue weighted by Crippen LogP contribution is -2.57. The van der Waals surface area contributed by atoms with Gasteiger partial charge in [-0.15, -0.1) is 0 Å². The highest BCUT2D eigenvalue weighted by atomic mass is 16.4. The first-order chi connectivity index (χ1) is 14.9. The number of aliphatic carboxylic acids is 1. The highest BCUT2D eigenvalue weighted by molar-refractivity contribution is 5.95. The molecule has 0 aromatic carbocycles. The van der Waals surface area contributed by atoms with Crippen LogP contribution in [-0.2, 0) is 28.8 Å². The molecule has 0 aromatic rings. The molecule has 14 nitrogen and oxygen atoms in total. The summed E-state index contributed by atoms with van der Waals surface area (Å²) in [6, 6.07) is -4.40. The topological polar surface area (TPSA) is 249 Å². The van der Waals surface area contributed by atoms with Gasteiger partial charge in [0.2, 0.25) is 29.5 Å². The van der Waals surface area contributed by atoms with Gasteiger partial charge in [-0.1, -0.05) is 0 Å². The molecule has 0 saturated heterocycles. The number of nitrogens with two attached hydrogens (primary N) is 3. The molecular weight excluding hydrogens is 426 g/mol. The van der Waals surface area contributed by atoms with Crippen LogP contribution in [0.1, 0.15) is 39.5 Å². The second kappa shape index (κ2) is 14.7. The van der Waals surface area contributed by atoms with E-state index in [1.807, 2.05) is 0 Å². The number of hydrogen-bond donors (Lipinski definition) is 8. The molecule has 0 rings (SSSR count). The lowest BCUT2D eigenvalue weighted by molar-refractivity contribution is -0.138. The maximum Gasteiger partial charge on any atom is 0.322 e. The average Bonchev–Trinajstić information content (AvgIpc) is 2.70. The summed E-state index contributed by atoms with van der Waals surface area (Å²) in [6.07, 6.45) is 0.896. The van der Waals surface area contributed by atoms with Crippen LogP contribution >= 0.6 is 0 Å². The molecule has 0 spiro atoms. The second-order valence-corrected chi connectivity index (χ2v) is 7.19. The van der Waals surface area contributed by atoms with E-state index in [1.54, 1.807) is 0 Å². The Morgan fingerprint density at radius 3 is 1.94 bits per heavy atom. The molecular formula is C18H33N7O7. The van der Waals surface area contributed by atoms with Gasteiger partial charge in [0, 0.05) is 0 Å². The Labute approximate surface area is 185 Å². The molecule has 0 unspecified atom stereocenters. The number of hydrogen-bond acceptors (Lipinski definition) is 8. The fourth-order valence-corrected chi connectivity index (χ4v) is 2.45. The summed E-state index contributed by atoms with van der Waals surface area (Å²) in [4.78, 5) is 70.3. The summed E-state index contributed by atoms with van der Waals surface area (Å²) in [6.45, 7) is 2.49. The largest absolute Gasteiger partial charge is 0.480 e. The van der Waals surface area contributed by atoms with Crippen LogP contribution in [0.3, 0.4) is 0 Å². The van der Waals surface area contributed by atoms with Gasteiger partial charge in [-0.2, -0.15) is 0 Å². The Hall–Kier alpha value is -3.26. The Balaban J connectivity index is 5.01. The predicted molar refractivity (Wildman–Crippen MR) is 112 cm³/mol. The van der Waals surface area contributed by atoms with Gasteiger partial charge in [0.25, 0.3) is 0 Å². The van der Waals surface area contributed by atoms with E-state index in [0.717, 1.165) is 0 Å². The molecule has 182 valence electrons. The number of carboxylic acid groups (broad SMARTS) is 1. The lowest BCUT2D eigenvalue weighted by Gasteiger charge is -2.23. The molecule has 0 radical (unpaired) electrons. The van der Waals surface area contributed by atoms with Crippen molar-refractivity contribution >= 4 is 35.5 Å². The number of unbranched alkanes of at least 4 members (excludes halogenated alkanes) is 1. The second-order valence-electron chi connectivity index (χ2n) is 7.19. The molecule has 11 N–H and O–H groups in total. The molecule has 0 bridgehead atoms. The van der Waals surface area contributed by atoms with Crippen LogP contribution in [0.15, 0.2) is 0 Å². The van der Waals surface area contributed by atoms with Gasteiger partial charge in [0.05, 0.1) is 12.5 Å². The van der Waals surface area contributed by atoms with E-state index >= 15 is 0 Å². The molecule has 14 heteroatoms. The average molecular weight is 460 g/mol. The summed E-state index contributed by atoms with van der Waals surface area (Å²) in [5, 5.41) is 18.0. The molecule has 0 saturated carbocycles. The number of carboxylic acids is 1. The maximum absolute atomic E-state index is 12.6. The fourth-order valence-electron chi connectivity index (χ4n) is 2.45. The van der Waals surface area contributed by atoms with E-state index in [-0.39, 0.29) is 6.42 Å². The number of carbonyl (C=O) groups is 6. The summed E-state index contributed by atoms with van der Waals surface area (Å²) in [5.41, 5.74) is 16.0. The SMILES string of the molecule is C[C@H](NC(=O)[C@H](CCCCN)NC(=O)[C@H](C)NC(=O)[C@@H](N)CC(N)=O)C(=O)NCC(=O)O. The highest BCUT2D eigenvalue weighted by Gasteiger charge is 2.27. The van der Waals surface area contributed by atoms with Crippen molar-refractivity contribution < 1.29 is 33.9 Å².